The lowest BCUT2D eigenvalue weighted by atomic mass is 10.3. The Bertz CT molecular complexity index is 468. The lowest BCUT2D eigenvalue weighted by molar-refractivity contribution is 0.462. The number of aromatic amines is 1. The minimum atomic E-state index is -3.39. The number of hydrogen-bond acceptors (Lipinski definition) is 4. The number of hydrogen-bond donors (Lipinski definition) is 2. The molecular formula is C9H16N4O2S. The summed E-state index contributed by atoms with van der Waals surface area (Å²) >= 11 is 0. The van der Waals surface area contributed by atoms with Crippen LogP contribution in [0.25, 0.3) is 0 Å². The average Bonchev–Trinajstić information content (AvgIpc) is 2.85. The van der Waals surface area contributed by atoms with E-state index in [1.54, 1.807) is 6.92 Å². The number of rotatable bonds is 3. The van der Waals surface area contributed by atoms with Gasteiger partial charge in [-0.15, -0.1) is 0 Å². The van der Waals surface area contributed by atoms with Gasteiger partial charge in [0.25, 0.3) is 10.0 Å². The highest BCUT2D eigenvalue weighted by molar-refractivity contribution is 7.89. The van der Waals surface area contributed by atoms with E-state index in [1.165, 1.54) is 10.5 Å². The molecule has 0 radical (unpaired) electrons. The normalized spacial score (nSPS) is 22.8. The number of imidazole rings is 1. The molecule has 2 N–H and O–H groups in total. The summed E-state index contributed by atoms with van der Waals surface area (Å²) in [6.07, 6.45) is 2.22. The van der Waals surface area contributed by atoms with Crippen LogP contribution < -0.4 is 5.32 Å². The molecule has 16 heavy (non-hydrogen) atoms. The molecular weight excluding hydrogens is 228 g/mol. The van der Waals surface area contributed by atoms with Crippen LogP contribution in [0.1, 0.15) is 12.2 Å². The Morgan fingerprint density at radius 2 is 2.38 bits per heavy atom. The van der Waals surface area contributed by atoms with Crippen LogP contribution in [0.5, 0.6) is 0 Å². The molecule has 1 atom stereocenters. The summed E-state index contributed by atoms with van der Waals surface area (Å²) in [4.78, 5) is 6.68. The first kappa shape index (κ1) is 11.6. The van der Waals surface area contributed by atoms with Gasteiger partial charge in [-0.2, -0.15) is 4.31 Å². The predicted molar refractivity (Wildman–Crippen MR) is 59.5 cm³/mol. The van der Waals surface area contributed by atoms with E-state index in [9.17, 15) is 8.42 Å². The number of likely N-dealkylation sites (N-methyl/N-ethyl adjacent to an activating group) is 1. The third kappa shape index (κ3) is 1.98. The molecule has 0 amide bonds. The summed E-state index contributed by atoms with van der Waals surface area (Å²) in [5, 5.41) is 3.27. The molecule has 0 aromatic carbocycles. The molecule has 1 saturated heterocycles. The molecule has 90 valence electrons. The van der Waals surface area contributed by atoms with Crippen molar-refractivity contribution in [2.75, 3.05) is 20.1 Å². The summed E-state index contributed by atoms with van der Waals surface area (Å²) in [7, 11) is -1.54. The number of sulfonamides is 1. The molecule has 1 aromatic heterocycles. The Morgan fingerprint density at radius 3 is 2.88 bits per heavy atom. The second-order valence-corrected chi connectivity index (χ2v) is 5.88. The van der Waals surface area contributed by atoms with Gasteiger partial charge in [0.15, 0.2) is 5.03 Å². The number of aryl methyl sites for hydroxylation is 1. The second kappa shape index (κ2) is 4.15. The highest BCUT2D eigenvalue weighted by atomic mass is 32.2. The van der Waals surface area contributed by atoms with Crippen molar-refractivity contribution in [3.8, 4) is 0 Å². The molecule has 1 unspecified atom stereocenters. The standard InChI is InChI=1S/C9H16N4O2S/c1-7-11-5-9(12-7)16(14,15)13-4-3-8(6-13)10-2/h5,8,10H,3-4,6H2,1-2H3,(H,11,12). The Labute approximate surface area is 95.1 Å². The van der Waals surface area contributed by atoms with E-state index in [2.05, 4.69) is 15.3 Å². The van der Waals surface area contributed by atoms with Crippen LogP contribution >= 0.6 is 0 Å². The van der Waals surface area contributed by atoms with Crippen LogP contribution in [0.15, 0.2) is 11.2 Å². The minimum absolute atomic E-state index is 0.182. The molecule has 1 fully saturated rings. The third-order valence-electron chi connectivity index (χ3n) is 2.86. The molecule has 2 rings (SSSR count). The van der Waals surface area contributed by atoms with E-state index in [1.807, 2.05) is 7.05 Å². The minimum Gasteiger partial charge on any atom is -0.332 e. The van der Waals surface area contributed by atoms with E-state index in [4.69, 9.17) is 0 Å². The van der Waals surface area contributed by atoms with E-state index in [0.29, 0.717) is 18.9 Å². The zero-order chi connectivity index (χ0) is 11.8. The number of H-pyrrole nitrogens is 1. The largest absolute Gasteiger partial charge is 0.332 e. The lowest BCUT2D eigenvalue weighted by Gasteiger charge is -2.14. The Kier molecular flexibility index (Phi) is 3.00. The quantitative estimate of drug-likeness (QED) is 0.765. The zero-order valence-electron chi connectivity index (χ0n) is 9.40. The van der Waals surface area contributed by atoms with Crippen LogP contribution in [0, 0.1) is 6.92 Å². The molecule has 0 saturated carbocycles. The van der Waals surface area contributed by atoms with Crippen LogP contribution in [-0.4, -0.2) is 48.9 Å². The van der Waals surface area contributed by atoms with E-state index in [0.717, 1.165) is 6.42 Å². The van der Waals surface area contributed by atoms with Crippen molar-refractivity contribution >= 4 is 10.0 Å². The first-order valence-electron chi connectivity index (χ1n) is 5.23. The molecule has 0 spiro atoms. The third-order valence-corrected chi connectivity index (χ3v) is 4.63. The molecule has 7 heteroatoms. The van der Waals surface area contributed by atoms with Gasteiger partial charge in [0, 0.05) is 19.1 Å². The smallest absolute Gasteiger partial charge is 0.260 e. The van der Waals surface area contributed by atoms with E-state index < -0.39 is 10.0 Å². The maximum atomic E-state index is 12.1. The van der Waals surface area contributed by atoms with E-state index in [-0.39, 0.29) is 11.1 Å². The average molecular weight is 244 g/mol. The van der Waals surface area contributed by atoms with Gasteiger partial charge in [0.05, 0.1) is 6.20 Å². The van der Waals surface area contributed by atoms with Crippen molar-refractivity contribution in [3.63, 3.8) is 0 Å². The fourth-order valence-electron chi connectivity index (χ4n) is 1.85. The van der Waals surface area contributed by atoms with Gasteiger partial charge in [-0.1, -0.05) is 0 Å². The second-order valence-electron chi connectivity index (χ2n) is 3.97. The van der Waals surface area contributed by atoms with Crippen LogP contribution in [0.4, 0.5) is 0 Å². The number of nitrogens with one attached hydrogen (secondary N) is 2. The number of aromatic nitrogens is 2. The Hall–Kier alpha value is -0.920. The molecule has 1 aliphatic heterocycles. The van der Waals surface area contributed by atoms with Gasteiger partial charge in [0.1, 0.15) is 5.82 Å². The van der Waals surface area contributed by atoms with Crippen LogP contribution in [-0.2, 0) is 10.0 Å². The van der Waals surface area contributed by atoms with Gasteiger partial charge < -0.3 is 10.3 Å². The van der Waals surface area contributed by atoms with Crippen molar-refractivity contribution in [1.82, 2.24) is 19.6 Å². The highest BCUT2D eigenvalue weighted by Crippen LogP contribution is 2.19. The maximum absolute atomic E-state index is 12.1. The van der Waals surface area contributed by atoms with Crippen molar-refractivity contribution in [2.24, 2.45) is 0 Å². The maximum Gasteiger partial charge on any atom is 0.260 e. The van der Waals surface area contributed by atoms with Crippen molar-refractivity contribution in [1.29, 1.82) is 0 Å². The highest BCUT2D eigenvalue weighted by Gasteiger charge is 2.32. The van der Waals surface area contributed by atoms with Gasteiger partial charge in [-0.05, 0) is 20.4 Å². The Balaban J connectivity index is 2.21. The predicted octanol–water partition coefficient (Wildman–Crippen LogP) is -0.299. The van der Waals surface area contributed by atoms with Gasteiger partial charge >= 0.3 is 0 Å². The van der Waals surface area contributed by atoms with Crippen LogP contribution in [0.3, 0.4) is 0 Å². The molecule has 0 bridgehead atoms. The van der Waals surface area contributed by atoms with Gasteiger partial charge in [-0.25, -0.2) is 13.4 Å². The summed E-state index contributed by atoms with van der Waals surface area (Å²) in [6, 6.07) is 0.249. The van der Waals surface area contributed by atoms with Gasteiger partial charge in [0.2, 0.25) is 0 Å². The summed E-state index contributed by atoms with van der Waals surface area (Å²) in [5.41, 5.74) is 0. The zero-order valence-corrected chi connectivity index (χ0v) is 10.2. The number of nitrogens with zero attached hydrogens (tertiary/aromatic N) is 2. The topological polar surface area (TPSA) is 78.1 Å². The Morgan fingerprint density at radius 1 is 1.62 bits per heavy atom. The fraction of sp³-hybridized carbons (Fsp3) is 0.667. The van der Waals surface area contributed by atoms with Crippen molar-refractivity contribution < 1.29 is 8.42 Å². The molecule has 6 nitrogen and oxygen atoms in total. The first-order chi connectivity index (χ1) is 7.54. The SMILES string of the molecule is CNC1CCN(S(=O)(=O)c2cnc(C)[nH]2)C1. The monoisotopic (exact) mass is 244 g/mol. The lowest BCUT2D eigenvalue weighted by Crippen LogP contribution is -2.33. The molecule has 1 aromatic rings. The first-order valence-corrected chi connectivity index (χ1v) is 6.67. The van der Waals surface area contributed by atoms with Crippen molar-refractivity contribution in [3.05, 3.63) is 12.0 Å². The summed E-state index contributed by atoms with van der Waals surface area (Å²) < 4.78 is 25.8. The van der Waals surface area contributed by atoms with Crippen molar-refractivity contribution in [2.45, 2.75) is 24.4 Å². The summed E-state index contributed by atoms with van der Waals surface area (Å²) in [6.45, 7) is 2.82. The van der Waals surface area contributed by atoms with Crippen LogP contribution in [0.2, 0.25) is 0 Å². The molecule has 0 aliphatic carbocycles. The summed E-state index contributed by atoms with van der Waals surface area (Å²) in [5.74, 6) is 0.614. The van der Waals surface area contributed by atoms with Gasteiger partial charge in [-0.3, -0.25) is 0 Å². The van der Waals surface area contributed by atoms with E-state index >= 15 is 0 Å². The molecule has 2 heterocycles. The fourth-order valence-corrected chi connectivity index (χ4v) is 3.31. The molecule has 1 aliphatic rings.